The van der Waals surface area contributed by atoms with Crippen LogP contribution in [0, 0.1) is 0 Å². The summed E-state index contributed by atoms with van der Waals surface area (Å²) >= 11 is 0. The minimum Gasteiger partial charge on any atom is -0.387 e. The molecule has 0 radical (unpaired) electrons. The van der Waals surface area contributed by atoms with E-state index >= 15 is 0 Å². The number of carbonyl (C=O) groups excluding carboxylic acids is 1. The molecule has 19 heavy (non-hydrogen) atoms. The summed E-state index contributed by atoms with van der Waals surface area (Å²) in [5, 5.41) is 12.6. The van der Waals surface area contributed by atoms with Gasteiger partial charge in [-0.3, -0.25) is 4.79 Å². The summed E-state index contributed by atoms with van der Waals surface area (Å²) in [4.78, 5) is 13.4. The van der Waals surface area contributed by atoms with E-state index in [0.717, 1.165) is 29.3 Å². The van der Waals surface area contributed by atoms with E-state index in [0.29, 0.717) is 13.0 Å². The number of fused-ring (bicyclic) bond motifs is 1. The van der Waals surface area contributed by atoms with Crippen LogP contribution in [0.4, 0.5) is 0 Å². The second kappa shape index (κ2) is 5.02. The molecule has 1 saturated heterocycles. The van der Waals surface area contributed by atoms with E-state index in [2.05, 4.69) is 0 Å². The van der Waals surface area contributed by atoms with Gasteiger partial charge in [-0.15, -0.1) is 0 Å². The molecule has 1 fully saturated rings. The molecular weight excluding hydrogens is 238 g/mol. The second-order valence-electron chi connectivity index (χ2n) is 5.03. The molecule has 1 aliphatic rings. The first kappa shape index (κ1) is 12.2. The lowest BCUT2D eigenvalue weighted by Gasteiger charge is -2.21. The van der Waals surface area contributed by atoms with Crippen molar-refractivity contribution in [3.05, 3.63) is 48.0 Å². The number of β-amino-alcohol motifs (C(OH)–C–C–N with tert-alkyl or cyclic N) is 1. The first-order valence-corrected chi connectivity index (χ1v) is 6.69. The van der Waals surface area contributed by atoms with Gasteiger partial charge in [0.25, 0.3) is 0 Å². The third kappa shape index (κ3) is 2.34. The van der Waals surface area contributed by atoms with Crippen molar-refractivity contribution < 1.29 is 9.90 Å². The minimum atomic E-state index is -0.617. The van der Waals surface area contributed by atoms with Crippen LogP contribution in [-0.4, -0.2) is 29.0 Å². The van der Waals surface area contributed by atoms with E-state index in [9.17, 15) is 9.90 Å². The van der Waals surface area contributed by atoms with Crippen LogP contribution in [-0.2, 0) is 4.79 Å². The predicted octanol–water partition coefficient (Wildman–Crippen LogP) is 2.50. The number of hydrogen-bond donors (Lipinski definition) is 1. The molecule has 1 atom stereocenters. The van der Waals surface area contributed by atoms with Crippen LogP contribution in [0.3, 0.4) is 0 Å². The maximum Gasteiger partial charge on any atom is 0.222 e. The van der Waals surface area contributed by atoms with E-state index in [1.54, 1.807) is 4.90 Å². The zero-order valence-corrected chi connectivity index (χ0v) is 10.7. The zero-order valence-electron chi connectivity index (χ0n) is 10.7. The fraction of sp³-hybridized carbons (Fsp3) is 0.312. The Morgan fingerprint density at radius 3 is 2.74 bits per heavy atom. The summed E-state index contributed by atoms with van der Waals surface area (Å²) in [6.45, 7) is 1.16. The van der Waals surface area contributed by atoms with Crippen molar-refractivity contribution in [2.24, 2.45) is 0 Å². The van der Waals surface area contributed by atoms with Crippen LogP contribution in [0.15, 0.2) is 42.5 Å². The molecule has 3 rings (SSSR count). The predicted molar refractivity (Wildman–Crippen MR) is 74.7 cm³/mol. The Balaban J connectivity index is 1.89. The third-order valence-electron chi connectivity index (χ3n) is 3.75. The Morgan fingerprint density at radius 2 is 1.95 bits per heavy atom. The molecule has 0 aromatic heterocycles. The van der Waals surface area contributed by atoms with Crippen molar-refractivity contribution in [1.29, 1.82) is 0 Å². The summed E-state index contributed by atoms with van der Waals surface area (Å²) in [6.07, 6.45) is 0.900. The highest BCUT2D eigenvalue weighted by molar-refractivity contribution is 5.86. The van der Waals surface area contributed by atoms with Gasteiger partial charge >= 0.3 is 0 Å². The van der Waals surface area contributed by atoms with Crippen LogP contribution in [0.1, 0.15) is 24.5 Å². The second-order valence-corrected chi connectivity index (χ2v) is 5.03. The number of aliphatic hydroxyl groups excluding tert-OH is 1. The number of aliphatic hydroxyl groups is 1. The summed E-state index contributed by atoms with van der Waals surface area (Å²) in [5.74, 6) is 0.152. The SMILES string of the molecule is O=C1CCCN1CC(O)c1cccc2ccccc12. The molecule has 3 nitrogen and oxygen atoms in total. The molecule has 1 N–H and O–H groups in total. The number of amides is 1. The largest absolute Gasteiger partial charge is 0.387 e. The molecule has 1 amide bonds. The Labute approximate surface area is 112 Å². The van der Waals surface area contributed by atoms with E-state index in [1.807, 2.05) is 42.5 Å². The summed E-state index contributed by atoms with van der Waals surface area (Å²) in [5.41, 5.74) is 0.901. The number of nitrogens with zero attached hydrogens (tertiary/aromatic N) is 1. The molecule has 0 aliphatic carbocycles. The summed E-state index contributed by atoms with van der Waals surface area (Å²) in [6, 6.07) is 13.9. The number of hydrogen-bond acceptors (Lipinski definition) is 2. The zero-order chi connectivity index (χ0) is 13.2. The molecule has 1 aliphatic heterocycles. The lowest BCUT2D eigenvalue weighted by atomic mass is 10.0. The Hall–Kier alpha value is -1.87. The third-order valence-corrected chi connectivity index (χ3v) is 3.75. The molecule has 0 spiro atoms. The van der Waals surface area contributed by atoms with E-state index in [-0.39, 0.29) is 5.91 Å². The molecular formula is C16H17NO2. The topological polar surface area (TPSA) is 40.5 Å². The van der Waals surface area contributed by atoms with Crippen molar-refractivity contribution in [3.8, 4) is 0 Å². The average molecular weight is 255 g/mol. The van der Waals surface area contributed by atoms with Gasteiger partial charge in [0.05, 0.1) is 12.6 Å². The van der Waals surface area contributed by atoms with Crippen LogP contribution in [0.2, 0.25) is 0 Å². The average Bonchev–Trinajstić information content (AvgIpc) is 2.83. The van der Waals surface area contributed by atoms with Gasteiger partial charge in [0, 0.05) is 13.0 Å². The Bertz CT molecular complexity index is 603. The smallest absolute Gasteiger partial charge is 0.222 e. The number of rotatable bonds is 3. The molecule has 3 heteroatoms. The van der Waals surface area contributed by atoms with Crippen molar-refractivity contribution in [1.82, 2.24) is 4.90 Å². The van der Waals surface area contributed by atoms with Gasteiger partial charge in [0.1, 0.15) is 0 Å². The summed E-state index contributed by atoms with van der Waals surface area (Å²) < 4.78 is 0. The quantitative estimate of drug-likeness (QED) is 0.915. The number of likely N-dealkylation sites (tertiary alicyclic amines) is 1. The van der Waals surface area contributed by atoms with Crippen molar-refractivity contribution >= 4 is 16.7 Å². The van der Waals surface area contributed by atoms with E-state index in [4.69, 9.17) is 0 Å². The molecule has 1 unspecified atom stereocenters. The lowest BCUT2D eigenvalue weighted by molar-refractivity contribution is -0.128. The van der Waals surface area contributed by atoms with Gasteiger partial charge in [0.15, 0.2) is 0 Å². The molecule has 0 bridgehead atoms. The minimum absolute atomic E-state index is 0.152. The highest BCUT2D eigenvalue weighted by Gasteiger charge is 2.23. The summed E-state index contributed by atoms with van der Waals surface area (Å²) in [7, 11) is 0. The number of carbonyl (C=O) groups is 1. The van der Waals surface area contributed by atoms with Crippen molar-refractivity contribution in [2.45, 2.75) is 18.9 Å². The van der Waals surface area contributed by atoms with E-state index < -0.39 is 6.10 Å². The van der Waals surface area contributed by atoms with Crippen molar-refractivity contribution in [2.75, 3.05) is 13.1 Å². The highest BCUT2D eigenvalue weighted by Crippen LogP contribution is 2.25. The maximum atomic E-state index is 11.6. The molecule has 98 valence electrons. The molecule has 2 aromatic carbocycles. The van der Waals surface area contributed by atoms with Gasteiger partial charge in [-0.2, -0.15) is 0 Å². The standard InChI is InChI=1S/C16H17NO2/c18-15(11-17-10-4-9-16(17)19)14-8-3-6-12-5-1-2-7-13(12)14/h1-3,5-8,15,18H,4,9-11H2. The molecule has 2 aromatic rings. The van der Waals surface area contributed by atoms with Crippen LogP contribution in [0.25, 0.3) is 10.8 Å². The fourth-order valence-electron chi connectivity index (χ4n) is 2.75. The van der Waals surface area contributed by atoms with Gasteiger partial charge in [-0.1, -0.05) is 42.5 Å². The fourth-order valence-corrected chi connectivity index (χ4v) is 2.75. The van der Waals surface area contributed by atoms with Crippen LogP contribution in [0.5, 0.6) is 0 Å². The maximum absolute atomic E-state index is 11.6. The van der Waals surface area contributed by atoms with Crippen LogP contribution < -0.4 is 0 Å². The Kier molecular flexibility index (Phi) is 3.22. The first-order chi connectivity index (χ1) is 9.25. The van der Waals surface area contributed by atoms with E-state index in [1.165, 1.54) is 0 Å². The first-order valence-electron chi connectivity index (χ1n) is 6.69. The Morgan fingerprint density at radius 1 is 1.16 bits per heavy atom. The highest BCUT2D eigenvalue weighted by atomic mass is 16.3. The normalized spacial score (nSPS) is 17.1. The number of benzene rings is 2. The lowest BCUT2D eigenvalue weighted by Crippen LogP contribution is -2.29. The van der Waals surface area contributed by atoms with Gasteiger partial charge < -0.3 is 10.0 Å². The van der Waals surface area contributed by atoms with Crippen LogP contribution >= 0.6 is 0 Å². The monoisotopic (exact) mass is 255 g/mol. The molecule has 1 heterocycles. The van der Waals surface area contributed by atoms with Gasteiger partial charge in [-0.25, -0.2) is 0 Å². The van der Waals surface area contributed by atoms with Gasteiger partial charge in [0.2, 0.25) is 5.91 Å². The molecule has 0 saturated carbocycles. The van der Waals surface area contributed by atoms with Crippen molar-refractivity contribution in [3.63, 3.8) is 0 Å². The van der Waals surface area contributed by atoms with Gasteiger partial charge in [-0.05, 0) is 22.8 Å².